The summed E-state index contributed by atoms with van der Waals surface area (Å²) in [5.74, 6) is 1.13. The van der Waals surface area contributed by atoms with E-state index in [1.54, 1.807) is 6.92 Å². The number of rotatable bonds is 1. The smallest absolute Gasteiger partial charge is 0.133 e. The Morgan fingerprint density at radius 1 is 1.06 bits per heavy atom. The maximum atomic E-state index is 11.8. The molecule has 1 nitrogen and oxygen atoms in total. The van der Waals surface area contributed by atoms with Crippen molar-refractivity contribution >= 4 is 5.78 Å². The molecule has 1 aliphatic rings. The summed E-state index contributed by atoms with van der Waals surface area (Å²) in [4.78, 5) is 11.8. The molecular weight excluding hydrogens is 220 g/mol. The molecule has 0 bridgehead atoms. The van der Waals surface area contributed by atoms with Crippen LogP contribution in [0.15, 0.2) is 23.3 Å². The molecule has 0 fully saturated rings. The van der Waals surface area contributed by atoms with Gasteiger partial charge in [-0.2, -0.15) is 0 Å². The minimum Gasteiger partial charge on any atom is -0.300 e. The van der Waals surface area contributed by atoms with Gasteiger partial charge in [0.2, 0.25) is 0 Å². The van der Waals surface area contributed by atoms with Crippen molar-refractivity contribution < 1.29 is 4.79 Å². The van der Waals surface area contributed by atoms with Crippen molar-refractivity contribution in [3.05, 3.63) is 23.3 Å². The molecule has 0 heterocycles. The van der Waals surface area contributed by atoms with Crippen LogP contribution < -0.4 is 0 Å². The molecule has 102 valence electrons. The molecule has 0 saturated carbocycles. The van der Waals surface area contributed by atoms with Crippen LogP contribution in [0.25, 0.3) is 0 Å². The predicted octanol–water partition coefficient (Wildman–Crippen LogP) is 5.07. The van der Waals surface area contributed by atoms with E-state index in [0.29, 0.717) is 11.7 Å². The fourth-order valence-electron chi connectivity index (χ4n) is 2.82. The second-order valence-corrected chi connectivity index (χ2v) is 5.95. The topological polar surface area (TPSA) is 17.1 Å². The molecule has 0 amide bonds. The number of allylic oxidation sites excluding steroid dienone is 4. The lowest BCUT2D eigenvalue weighted by Gasteiger charge is -2.22. The van der Waals surface area contributed by atoms with Gasteiger partial charge in [0.25, 0.3) is 0 Å². The van der Waals surface area contributed by atoms with Crippen molar-refractivity contribution in [3.8, 4) is 0 Å². The van der Waals surface area contributed by atoms with Crippen LogP contribution in [-0.4, -0.2) is 5.78 Å². The Balaban J connectivity index is 2.76. The summed E-state index contributed by atoms with van der Waals surface area (Å²) in [5.41, 5.74) is 2.94. The Labute approximate surface area is 112 Å². The zero-order valence-electron chi connectivity index (χ0n) is 12.5. The molecule has 0 aromatic rings. The van der Waals surface area contributed by atoms with Crippen molar-refractivity contribution in [3.63, 3.8) is 0 Å². The van der Waals surface area contributed by atoms with Crippen molar-refractivity contribution in [1.82, 2.24) is 0 Å². The largest absolute Gasteiger partial charge is 0.300 e. The first kappa shape index (κ1) is 15.2. The Morgan fingerprint density at radius 2 is 1.67 bits per heavy atom. The van der Waals surface area contributed by atoms with E-state index in [2.05, 4.69) is 32.9 Å². The highest BCUT2D eigenvalue weighted by Gasteiger charge is 2.21. The van der Waals surface area contributed by atoms with E-state index in [1.807, 2.05) is 0 Å². The summed E-state index contributed by atoms with van der Waals surface area (Å²) in [6.45, 7) is 8.42. The van der Waals surface area contributed by atoms with Gasteiger partial charge in [-0.3, -0.25) is 4.79 Å². The van der Waals surface area contributed by atoms with Crippen LogP contribution in [0.3, 0.4) is 0 Å². The van der Waals surface area contributed by atoms with Crippen molar-refractivity contribution in [1.29, 1.82) is 0 Å². The zero-order valence-corrected chi connectivity index (χ0v) is 12.5. The van der Waals surface area contributed by atoms with Gasteiger partial charge in [0, 0.05) is 5.92 Å². The van der Waals surface area contributed by atoms with Crippen LogP contribution >= 0.6 is 0 Å². The van der Waals surface area contributed by atoms with Crippen LogP contribution in [0.4, 0.5) is 0 Å². The predicted molar refractivity (Wildman–Crippen MR) is 78.6 cm³/mol. The second-order valence-electron chi connectivity index (χ2n) is 5.95. The molecule has 18 heavy (non-hydrogen) atoms. The van der Waals surface area contributed by atoms with Crippen LogP contribution in [-0.2, 0) is 4.79 Å². The van der Waals surface area contributed by atoms with Crippen LogP contribution in [0.2, 0.25) is 0 Å². The third-order valence-electron chi connectivity index (χ3n) is 4.21. The van der Waals surface area contributed by atoms with Gasteiger partial charge in [-0.15, -0.1) is 0 Å². The Bertz CT molecular complexity index is 336. The highest BCUT2D eigenvalue weighted by Crippen LogP contribution is 2.26. The molecule has 0 N–H and O–H groups in total. The van der Waals surface area contributed by atoms with Crippen LogP contribution in [0.5, 0.6) is 0 Å². The third-order valence-corrected chi connectivity index (χ3v) is 4.21. The first-order valence-corrected chi connectivity index (χ1v) is 7.32. The molecule has 0 aromatic carbocycles. The lowest BCUT2D eigenvalue weighted by atomic mass is 9.82. The first-order valence-electron chi connectivity index (χ1n) is 7.32. The molecule has 2 unspecified atom stereocenters. The van der Waals surface area contributed by atoms with Gasteiger partial charge in [-0.25, -0.2) is 0 Å². The van der Waals surface area contributed by atoms with E-state index < -0.39 is 0 Å². The maximum absolute atomic E-state index is 11.8. The van der Waals surface area contributed by atoms with Gasteiger partial charge in [-0.05, 0) is 65.2 Å². The minimum atomic E-state index is 0.251. The Morgan fingerprint density at radius 3 is 2.33 bits per heavy atom. The summed E-state index contributed by atoms with van der Waals surface area (Å²) in [6, 6.07) is 0. The number of hydrogen-bond donors (Lipinski definition) is 0. The van der Waals surface area contributed by atoms with E-state index in [1.165, 1.54) is 17.6 Å². The average molecular weight is 248 g/mol. The van der Waals surface area contributed by atoms with E-state index in [0.717, 1.165) is 32.1 Å². The lowest BCUT2D eigenvalue weighted by molar-refractivity contribution is -0.122. The van der Waals surface area contributed by atoms with E-state index in [9.17, 15) is 4.79 Å². The molecule has 0 aliphatic heterocycles. The SMILES string of the molecule is CC(=O)C1CC/C(C)=C\CC/C(C)=C\CCC1C. The molecule has 0 radical (unpaired) electrons. The second kappa shape index (κ2) is 7.56. The van der Waals surface area contributed by atoms with Gasteiger partial charge >= 0.3 is 0 Å². The van der Waals surface area contributed by atoms with Gasteiger partial charge in [0.1, 0.15) is 5.78 Å². The summed E-state index contributed by atoms with van der Waals surface area (Å²) >= 11 is 0. The first-order chi connectivity index (χ1) is 8.50. The summed E-state index contributed by atoms with van der Waals surface area (Å²) < 4.78 is 0. The number of ketones is 1. The molecule has 0 aromatic heterocycles. The Hall–Kier alpha value is -0.850. The van der Waals surface area contributed by atoms with Crippen molar-refractivity contribution in [2.24, 2.45) is 11.8 Å². The maximum Gasteiger partial charge on any atom is 0.133 e. The minimum absolute atomic E-state index is 0.251. The molecule has 1 heteroatoms. The number of Topliss-reactive ketones (excluding diaryl/α,β-unsaturated/α-hetero) is 1. The Kier molecular flexibility index (Phi) is 6.38. The van der Waals surface area contributed by atoms with Gasteiger partial charge < -0.3 is 0 Å². The van der Waals surface area contributed by atoms with Crippen LogP contribution in [0, 0.1) is 11.8 Å². The standard InChI is InChI=1S/C17H28O/c1-13-7-5-8-14(2)11-12-17(16(4)18)15(3)10-6-9-13/h8-9,15,17H,5-7,10-12H2,1-4H3/b13-9-,14-8-. The summed E-state index contributed by atoms with van der Waals surface area (Å²) in [6.07, 6.45) is 11.4. The highest BCUT2D eigenvalue weighted by molar-refractivity contribution is 5.78. The molecule has 2 atom stereocenters. The van der Waals surface area contributed by atoms with Gasteiger partial charge in [0.05, 0.1) is 0 Å². The molecule has 1 rings (SSSR count). The fraction of sp³-hybridized carbons (Fsp3) is 0.706. The normalized spacial score (nSPS) is 33.3. The summed E-state index contributed by atoms with van der Waals surface area (Å²) in [7, 11) is 0. The fourth-order valence-corrected chi connectivity index (χ4v) is 2.82. The number of hydrogen-bond acceptors (Lipinski definition) is 1. The third kappa shape index (κ3) is 5.20. The number of carbonyl (C=O) groups is 1. The van der Waals surface area contributed by atoms with Gasteiger partial charge in [0.15, 0.2) is 0 Å². The van der Waals surface area contributed by atoms with E-state index in [4.69, 9.17) is 0 Å². The molecule has 0 saturated heterocycles. The summed E-state index contributed by atoms with van der Waals surface area (Å²) in [5, 5.41) is 0. The zero-order chi connectivity index (χ0) is 13.5. The number of carbonyl (C=O) groups excluding carboxylic acids is 1. The van der Waals surface area contributed by atoms with Gasteiger partial charge in [-0.1, -0.05) is 30.2 Å². The van der Waals surface area contributed by atoms with Crippen molar-refractivity contribution in [2.75, 3.05) is 0 Å². The molecule has 1 aliphatic carbocycles. The highest BCUT2D eigenvalue weighted by atomic mass is 16.1. The van der Waals surface area contributed by atoms with E-state index in [-0.39, 0.29) is 5.92 Å². The lowest BCUT2D eigenvalue weighted by Crippen LogP contribution is -2.20. The average Bonchev–Trinajstić information content (AvgIpc) is 2.27. The van der Waals surface area contributed by atoms with E-state index >= 15 is 0 Å². The van der Waals surface area contributed by atoms with Crippen LogP contribution in [0.1, 0.15) is 66.2 Å². The quantitative estimate of drug-likeness (QED) is 0.592. The van der Waals surface area contributed by atoms with Crippen molar-refractivity contribution in [2.45, 2.75) is 66.2 Å². The molecule has 0 spiro atoms. The monoisotopic (exact) mass is 248 g/mol. The molecular formula is C17H28O.